The summed E-state index contributed by atoms with van der Waals surface area (Å²) in [6.07, 6.45) is 2.67. The van der Waals surface area contributed by atoms with Crippen LogP contribution < -0.4 is 14.5 Å². The van der Waals surface area contributed by atoms with E-state index in [0.29, 0.717) is 30.0 Å². The molecule has 8 nitrogen and oxygen atoms in total. The van der Waals surface area contributed by atoms with E-state index in [1.807, 2.05) is 24.3 Å². The van der Waals surface area contributed by atoms with Crippen molar-refractivity contribution in [1.29, 1.82) is 0 Å². The molecule has 3 aromatic carbocycles. The number of amides is 4. The van der Waals surface area contributed by atoms with Gasteiger partial charge in [0.2, 0.25) is 23.6 Å². The number of fused-ring (bicyclic) bond motifs is 4. The normalized spacial score (nSPS) is 27.7. The van der Waals surface area contributed by atoms with Gasteiger partial charge in [0.15, 0.2) is 0 Å². The van der Waals surface area contributed by atoms with Crippen molar-refractivity contribution in [3.8, 4) is 5.75 Å². The van der Waals surface area contributed by atoms with Crippen molar-refractivity contribution in [2.75, 3.05) is 23.0 Å². The van der Waals surface area contributed by atoms with Crippen molar-refractivity contribution in [1.82, 2.24) is 0 Å². The monoisotopic (exact) mass is 718 g/mol. The molecule has 10 heteroatoms. The van der Waals surface area contributed by atoms with Crippen LogP contribution in [0.4, 0.5) is 11.4 Å². The minimum atomic E-state index is -0.709. The predicted molar refractivity (Wildman–Crippen MR) is 170 cm³/mol. The summed E-state index contributed by atoms with van der Waals surface area (Å²) < 4.78 is 7.60. The first-order valence-corrected chi connectivity index (χ1v) is 16.2. The molecule has 3 aromatic rings. The Bertz CT molecular complexity index is 1710. The Morgan fingerprint density at radius 3 is 1.89 bits per heavy atom. The van der Waals surface area contributed by atoms with Crippen LogP contribution in [0.5, 0.6) is 5.75 Å². The van der Waals surface area contributed by atoms with Crippen LogP contribution in [0.1, 0.15) is 24.3 Å². The van der Waals surface area contributed by atoms with Crippen LogP contribution in [0, 0.1) is 29.6 Å². The Hall–Kier alpha value is -3.60. The molecule has 224 valence electrons. The summed E-state index contributed by atoms with van der Waals surface area (Å²) in [4.78, 5) is 58.9. The van der Waals surface area contributed by atoms with Gasteiger partial charge in [0.25, 0.3) is 0 Å². The fourth-order valence-corrected chi connectivity index (χ4v) is 8.18. The molecular weight excluding hydrogens is 692 g/mol. The molecule has 0 aromatic heterocycles. The highest BCUT2D eigenvalue weighted by molar-refractivity contribution is 9.10. The fraction of sp³-hybridized carbons (Fsp3) is 0.294. The number of carbonyl (C=O) groups excluding carboxylic acids is 4. The number of nitrogens with zero attached hydrogens (tertiary/aromatic N) is 2. The number of imide groups is 2. The zero-order valence-corrected chi connectivity index (χ0v) is 26.6. The largest absolute Gasteiger partial charge is 0.491 e. The van der Waals surface area contributed by atoms with Crippen LogP contribution in [-0.2, 0) is 19.2 Å². The number of anilines is 2. The molecule has 1 saturated carbocycles. The molecule has 44 heavy (non-hydrogen) atoms. The number of halogens is 2. The van der Waals surface area contributed by atoms with Gasteiger partial charge >= 0.3 is 0 Å². The molecule has 4 amide bonds. The second-order valence-electron chi connectivity index (χ2n) is 11.6. The van der Waals surface area contributed by atoms with Crippen molar-refractivity contribution < 1.29 is 29.0 Å². The summed E-state index contributed by atoms with van der Waals surface area (Å²) in [6, 6.07) is 21.5. The molecule has 6 atom stereocenters. The van der Waals surface area contributed by atoms with Gasteiger partial charge in [-0.2, -0.15) is 0 Å². The molecule has 4 aliphatic rings. The van der Waals surface area contributed by atoms with Gasteiger partial charge in [-0.05, 0) is 73.4 Å². The summed E-state index contributed by atoms with van der Waals surface area (Å²) in [6.45, 7) is -0.116. The third-order valence-electron chi connectivity index (χ3n) is 9.42. The lowest BCUT2D eigenvalue weighted by Crippen LogP contribution is -2.43. The molecule has 3 fully saturated rings. The van der Waals surface area contributed by atoms with Gasteiger partial charge < -0.3 is 9.84 Å². The first kappa shape index (κ1) is 29.1. The van der Waals surface area contributed by atoms with Crippen LogP contribution in [0.15, 0.2) is 93.4 Å². The second-order valence-corrected chi connectivity index (χ2v) is 13.4. The Kier molecular flexibility index (Phi) is 7.54. The first-order chi connectivity index (χ1) is 21.3. The summed E-state index contributed by atoms with van der Waals surface area (Å²) >= 11 is 6.84. The molecule has 2 heterocycles. The number of ether oxygens (including phenoxy) is 1. The number of hydrogen-bond acceptors (Lipinski definition) is 6. The molecule has 2 aliphatic heterocycles. The zero-order chi connectivity index (χ0) is 30.7. The van der Waals surface area contributed by atoms with Crippen molar-refractivity contribution in [3.05, 3.63) is 99.0 Å². The summed E-state index contributed by atoms with van der Waals surface area (Å²) in [5.41, 5.74) is 2.63. The van der Waals surface area contributed by atoms with E-state index in [1.54, 1.807) is 54.6 Å². The minimum Gasteiger partial charge on any atom is -0.491 e. The zero-order valence-electron chi connectivity index (χ0n) is 23.4. The molecule has 0 spiro atoms. The molecular formula is C34H28Br2N2O6. The lowest BCUT2D eigenvalue weighted by molar-refractivity contribution is -0.126. The topological polar surface area (TPSA) is 104 Å². The molecule has 0 radical (unpaired) electrons. The van der Waals surface area contributed by atoms with Crippen molar-refractivity contribution >= 4 is 66.9 Å². The number of hydrogen-bond donors (Lipinski definition) is 1. The van der Waals surface area contributed by atoms with Crippen molar-refractivity contribution in [2.24, 2.45) is 29.6 Å². The van der Waals surface area contributed by atoms with E-state index in [-0.39, 0.29) is 36.8 Å². The van der Waals surface area contributed by atoms with E-state index in [0.717, 1.165) is 20.1 Å². The minimum absolute atomic E-state index is 0.0675. The lowest BCUT2D eigenvalue weighted by atomic mass is 9.57. The summed E-state index contributed by atoms with van der Waals surface area (Å²) in [5.74, 6) is -4.15. The number of aliphatic hydroxyl groups is 1. The smallest absolute Gasteiger partial charge is 0.238 e. The number of allylic oxidation sites excluding steroid dienone is 2. The molecule has 0 unspecified atom stereocenters. The quantitative estimate of drug-likeness (QED) is 0.262. The van der Waals surface area contributed by atoms with E-state index in [4.69, 9.17) is 4.74 Å². The van der Waals surface area contributed by atoms with Gasteiger partial charge in [-0.15, -0.1) is 0 Å². The van der Waals surface area contributed by atoms with E-state index >= 15 is 0 Å². The highest BCUT2D eigenvalue weighted by atomic mass is 79.9. The van der Waals surface area contributed by atoms with E-state index in [9.17, 15) is 24.3 Å². The highest BCUT2D eigenvalue weighted by Gasteiger charge is 2.62. The number of aliphatic hydroxyl groups excluding tert-OH is 1. The number of para-hydroxylation sites is 1. The van der Waals surface area contributed by atoms with E-state index < -0.39 is 35.5 Å². The van der Waals surface area contributed by atoms with Crippen LogP contribution in [0.3, 0.4) is 0 Å². The molecule has 2 saturated heterocycles. The number of carbonyl (C=O) groups is 4. The second kappa shape index (κ2) is 11.4. The van der Waals surface area contributed by atoms with Crippen molar-refractivity contribution in [3.63, 3.8) is 0 Å². The Balaban J connectivity index is 1.34. The van der Waals surface area contributed by atoms with E-state index in [2.05, 4.69) is 31.9 Å². The fourth-order valence-electron chi connectivity index (χ4n) is 7.65. The standard InChI is InChI=1S/C34H28Br2N2O6/c35-18-5-9-20(10-6-18)37-31(40)24-14-13-22-25(29(24)33(37)42)17-26-30(28(22)23-3-1-2-4-27(23)44-16-15-39)34(43)38(32(26)41)21-11-7-19(36)8-12-21/h1-13,24-26,28-30,39H,14-17H2/t24-,25+,26+,28+,29-,30+/m0/s1. The van der Waals surface area contributed by atoms with E-state index in [1.165, 1.54) is 9.80 Å². The predicted octanol–water partition coefficient (Wildman–Crippen LogP) is 5.63. The third kappa shape index (κ3) is 4.57. The maximum absolute atomic E-state index is 14.3. The van der Waals surface area contributed by atoms with Gasteiger partial charge in [-0.25, -0.2) is 0 Å². The average molecular weight is 720 g/mol. The molecule has 7 rings (SSSR count). The van der Waals surface area contributed by atoms with Crippen molar-refractivity contribution in [2.45, 2.75) is 18.8 Å². The third-order valence-corrected chi connectivity index (χ3v) is 10.5. The van der Waals surface area contributed by atoms with Gasteiger partial charge in [0, 0.05) is 20.4 Å². The Labute approximate surface area is 270 Å². The molecule has 1 N–H and O–H groups in total. The first-order valence-electron chi connectivity index (χ1n) is 14.6. The Morgan fingerprint density at radius 1 is 0.705 bits per heavy atom. The van der Waals surface area contributed by atoms with Crippen LogP contribution >= 0.6 is 31.9 Å². The lowest BCUT2D eigenvalue weighted by Gasteiger charge is -2.44. The summed E-state index contributed by atoms with van der Waals surface area (Å²) in [5, 5.41) is 9.49. The molecule has 0 bridgehead atoms. The molecule has 2 aliphatic carbocycles. The van der Waals surface area contributed by atoms with Crippen LogP contribution in [-0.4, -0.2) is 41.9 Å². The van der Waals surface area contributed by atoms with Gasteiger partial charge in [0.05, 0.1) is 41.7 Å². The number of benzene rings is 3. The van der Waals surface area contributed by atoms with Crippen LogP contribution in [0.25, 0.3) is 0 Å². The SMILES string of the molecule is O=C1[C@H]2[C@H](CC=C3[C@H]2C[C@H]2C(=O)N(c4ccc(Br)cc4)C(=O)[C@H]2[C@H]3c2ccccc2OCCO)C(=O)N1c1ccc(Br)cc1. The highest BCUT2D eigenvalue weighted by Crippen LogP contribution is 2.59. The Morgan fingerprint density at radius 2 is 1.27 bits per heavy atom. The van der Waals surface area contributed by atoms with Gasteiger partial charge in [0.1, 0.15) is 12.4 Å². The van der Waals surface area contributed by atoms with Gasteiger partial charge in [-0.3, -0.25) is 29.0 Å². The summed E-state index contributed by atoms with van der Waals surface area (Å²) in [7, 11) is 0. The maximum Gasteiger partial charge on any atom is 0.238 e. The average Bonchev–Trinajstić information content (AvgIpc) is 3.44. The van der Waals surface area contributed by atoms with Crippen LogP contribution in [0.2, 0.25) is 0 Å². The van der Waals surface area contributed by atoms with Gasteiger partial charge in [-0.1, -0.05) is 61.7 Å². The maximum atomic E-state index is 14.3. The number of rotatable bonds is 6.